The van der Waals surface area contributed by atoms with Crippen molar-refractivity contribution in [2.45, 2.75) is 19.3 Å². The van der Waals surface area contributed by atoms with E-state index in [-0.39, 0.29) is 30.5 Å². The van der Waals surface area contributed by atoms with Gasteiger partial charge in [-0.1, -0.05) is 12.1 Å². The van der Waals surface area contributed by atoms with Gasteiger partial charge in [-0.15, -0.1) is 0 Å². The fourth-order valence-corrected chi connectivity index (χ4v) is 2.39. The smallest absolute Gasteiger partial charge is 0.270 e. The van der Waals surface area contributed by atoms with Crippen molar-refractivity contribution in [2.75, 3.05) is 19.6 Å². The summed E-state index contributed by atoms with van der Waals surface area (Å²) in [6.45, 7) is 1.90. The van der Waals surface area contributed by atoms with Crippen LogP contribution in [0.1, 0.15) is 24.8 Å². The Morgan fingerprint density at radius 3 is 2.74 bits per heavy atom. The van der Waals surface area contributed by atoms with E-state index in [4.69, 9.17) is 0 Å². The molecule has 2 amide bonds. The Kier molecular flexibility index (Phi) is 5.85. The van der Waals surface area contributed by atoms with E-state index in [1.165, 1.54) is 24.3 Å². The lowest BCUT2D eigenvalue weighted by atomic mass is 10.2. The van der Waals surface area contributed by atoms with Crippen LogP contribution in [-0.2, 0) is 9.59 Å². The van der Waals surface area contributed by atoms with Crippen LogP contribution in [-0.4, -0.2) is 41.3 Å². The maximum atomic E-state index is 11.8. The fourth-order valence-electron chi connectivity index (χ4n) is 2.39. The van der Waals surface area contributed by atoms with E-state index in [1.54, 1.807) is 12.1 Å². The zero-order valence-corrected chi connectivity index (χ0v) is 12.7. The largest absolute Gasteiger partial charge is 0.352 e. The van der Waals surface area contributed by atoms with E-state index in [1.807, 2.05) is 4.90 Å². The third kappa shape index (κ3) is 5.21. The lowest BCUT2D eigenvalue weighted by Crippen LogP contribution is -2.32. The lowest BCUT2D eigenvalue weighted by Gasteiger charge is -2.14. The zero-order chi connectivity index (χ0) is 16.7. The van der Waals surface area contributed by atoms with Gasteiger partial charge in [-0.25, -0.2) is 0 Å². The van der Waals surface area contributed by atoms with Crippen LogP contribution in [0.2, 0.25) is 0 Å². The highest BCUT2D eigenvalue weighted by molar-refractivity contribution is 5.92. The summed E-state index contributed by atoms with van der Waals surface area (Å²) in [5.74, 6) is -0.267. The summed E-state index contributed by atoms with van der Waals surface area (Å²) in [6.07, 6.45) is 5.19. The molecule has 0 radical (unpaired) electrons. The predicted octanol–water partition coefficient (Wildman–Crippen LogP) is 1.74. The number of benzene rings is 1. The molecule has 0 saturated carbocycles. The summed E-state index contributed by atoms with van der Waals surface area (Å²) in [4.78, 5) is 35.5. The monoisotopic (exact) mass is 317 g/mol. The number of nitrogens with one attached hydrogen (secondary N) is 1. The predicted molar refractivity (Wildman–Crippen MR) is 85.6 cm³/mol. The summed E-state index contributed by atoms with van der Waals surface area (Å²) in [6, 6.07) is 6.01. The Morgan fingerprint density at radius 1 is 1.30 bits per heavy atom. The van der Waals surface area contributed by atoms with E-state index >= 15 is 0 Å². The van der Waals surface area contributed by atoms with Crippen LogP contribution in [0.3, 0.4) is 0 Å². The first-order chi connectivity index (χ1) is 11.1. The molecule has 1 heterocycles. The zero-order valence-electron chi connectivity index (χ0n) is 12.7. The Hall–Kier alpha value is -2.70. The van der Waals surface area contributed by atoms with Gasteiger partial charge in [0.05, 0.1) is 4.92 Å². The topological polar surface area (TPSA) is 92.5 Å². The average molecular weight is 317 g/mol. The molecule has 0 atom stereocenters. The Balaban J connectivity index is 1.76. The van der Waals surface area contributed by atoms with Crippen LogP contribution in [0.15, 0.2) is 30.3 Å². The highest BCUT2D eigenvalue weighted by Crippen LogP contribution is 2.14. The quantitative estimate of drug-likeness (QED) is 0.491. The summed E-state index contributed by atoms with van der Waals surface area (Å²) in [5, 5.41) is 13.3. The van der Waals surface area contributed by atoms with Gasteiger partial charge in [-0.2, -0.15) is 0 Å². The molecule has 1 saturated heterocycles. The van der Waals surface area contributed by atoms with Crippen LogP contribution in [0.5, 0.6) is 0 Å². The minimum Gasteiger partial charge on any atom is -0.352 e. The van der Waals surface area contributed by atoms with Crippen molar-refractivity contribution in [1.29, 1.82) is 0 Å². The summed E-state index contributed by atoms with van der Waals surface area (Å²) in [7, 11) is 0. The fraction of sp³-hybridized carbons (Fsp3) is 0.375. The van der Waals surface area contributed by atoms with Crippen LogP contribution >= 0.6 is 0 Å². The second-order valence-electron chi connectivity index (χ2n) is 5.31. The number of nitro groups is 1. The SMILES string of the molecule is O=C(/C=C/c1cccc([N+](=O)[O-])c1)NCCC(=O)N1CCCC1. The van der Waals surface area contributed by atoms with Gasteiger partial charge in [0.1, 0.15) is 0 Å². The first-order valence-corrected chi connectivity index (χ1v) is 7.54. The molecule has 122 valence electrons. The molecular weight excluding hydrogens is 298 g/mol. The number of hydrogen-bond acceptors (Lipinski definition) is 4. The molecular formula is C16H19N3O4. The molecule has 0 bridgehead atoms. The van der Waals surface area contributed by atoms with Crippen LogP contribution in [0.4, 0.5) is 5.69 Å². The number of non-ortho nitro benzene ring substituents is 1. The number of nitro benzene ring substituents is 1. The van der Waals surface area contributed by atoms with E-state index in [0.717, 1.165) is 25.9 Å². The first kappa shape index (κ1) is 16.7. The van der Waals surface area contributed by atoms with Gasteiger partial charge in [-0.05, 0) is 24.5 Å². The molecule has 1 aromatic carbocycles. The number of carbonyl (C=O) groups excluding carboxylic acids is 2. The number of carbonyl (C=O) groups is 2. The van der Waals surface area contributed by atoms with Gasteiger partial charge in [0.15, 0.2) is 0 Å². The van der Waals surface area contributed by atoms with E-state index in [9.17, 15) is 19.7 Å². The molecule has 23 heavy (non-hydrogen) atoms. The molecule has 1 aliphatic rings. The van der Waals surface area contributed by atoms with Crippen LogP contribution in [0, 0.1) is 10.1 Å². The minimum absolute atomic E-state index is 0.0243. The molecule has 0 aromatic heterocycles. The molecule has 7 heteroatoms. The lowest BCUT2D eigenvalue weighted by molar-refractivity contribution is -0.384. The van der Waals surface area contributed by atoms with Gasteiger partial charge in [0, 0.05) is 44.3 Å². The van der Waals surface area contributed by atoms with Gasteiger partial charge >= 0.3 is 0 Å². The number of rotatable bonds is 6. The van der Waals surface area contributed by atoms with Crippen molar-refractivity contribution < 1.29 is 14.5 Å². The molecule has 1 aliphatic heterocycles. The molecule has 7 nitrogen and oxygen atoms in total. The van der Waals surface area contributed by atoms with Crippen molar-refractivity contribution in [3.8, 4) is 0 Å². The van der Waals surface area contributed by atoms with Gasteiger partial charge < -0.3 is 10.2 Å². The number of hydrogen-bond donors (Lipinski definition) is 1. The molecule has 1 fully saturated rings. The average Bonchev–Trinajstić information content (AvgIpc) is 3.07. The Labute approximate surface area is 134 Å². The van der Waals surface area contributed by atoms with Crippen LogP contribution < -0.4 is 5.32 Å². The third-order valence-corrected chi connectivity index (χ3v) is 3.61. The molecule has 0 aliphatic carbocycles. The van der Waals surface area contributed by atoms with E-state index < -0.39 is 4.92 Å². The van der Waals surface area contributed by atoms with Crippen molar-refractivity contribution in [2.24, 2.45) is 0 Å². The van der Waals surface area contributed by atoms with Crippen molar-refractivity contribution in [3.63, 3.8) is 0 Å². The standard InChI is InChI=1S/C16H19N3O4/c20-15(17-9-8-16(21)18-10-1-2-11-18)7-6-13-4-3-5-14(12-13)19(22)23/h3-7,12H,1-2,8-11H2,(H,17,20)/b7-6+. The van der Waals surface area contributed by atoms with Gasteiger partial charge in [0.25, 0.3) is 5.69 Å². The number of likely N-dealkylation sites (tertiary alicyclic amines) is 1. The van der Waals surface area contributed by atoms with Gasteiger partial charge in [-0.3, -0.25) is 19.7 Å². The highest BCUT2D eigenvalue weighted by Gasteiger charge is 2.17. The second-order valence-corrected chi connectivity index (χ2v) is 5.31. The Bertz CT molecular complexity index is 622. The Morgan fingerprint density at radius 2 is 2.04 bits per heavy atom. The maximum absolute atomic E-state index is 11.8. The summed E-state index contributed by atoms with van der Waals surface area (Å²) in [5.41, 5.74) is 0.547. The normalized spacial score (nSPS) is 14.2. The van der Waals surface area contributed by atoms with Crippen molar-refractivity contribution in [3.05, 3.63) is 46.0 Å². The van der Waals surface area contributed by atoms with Crippen molar-refractivity contribution in [1.82, 2.24) is 10.2 Å². The van der Waals surface area contributed by atoms with E-state index in [2.05, 4.69) is 5.32 Å². The van der Waals surface area contributed by atoms with E-state index in [0.29, 0.717) is 5.56 Å². The van der Waals surface area contributed by atoms with Crippen LogP contribution in [0.25, 0.3) is 6.08 Å². The minimum atomic E-state index is -0.485. The maximum Gasteiger partial charge on any atom is 0.270 e. The summed E-state index contributed by atoms with van der Waals surface area (Å²) < 4.78 is 0. The highest BCUT2D eigenvalue weighted by atomic mass is 16.6. The summed E-state index contributed by atoms with van der Waals surface area (Å²) >= 11 is 0. The number of nitrogens with zero attached hydrogens (tertiary/aromatic N) is 2. The number of amides is 2. The third-order valence-electron chi connectivity index (χ3n) is 3.61. The molecule has 1 N–H and O–H groups in total. The molecule has 0 unspecified atom stereocenters. The molecule has 1 aromatic rings. The molecule has 0 spiro atoms. The second kappa shape index (κ2) is 8.07. The van der Waals surface area contributed by atoms with Gasteiger partial charge in [0.2, 0.25) is 11.8 Å². The first-order valence-electron chi connectivity index (χ1n) is 7.54. The van der Waals surface area contributed by atoms with Crippen molar-refractivity contribution >= 4 is 23.6 Å². The molecule has 2 rings (SSSR count).